The number of sulfonamides is 1. The average molecular weight is 421 g/mol. The molecule has 0 spiro atoms. The van der Waals surface area contributed by atoms with Crippen molar-refractivity contribution in [3.8, 4) is 0 Å². The second kappa shape index (κ2) is 8.75. The molecular formula is C19H24FN5O3S. The van der Waals surface area contributed by atoms with E-state index in [1.54, 1.807) is 6.07 Å². The number of aromatic nitrogens is 1. The summed E-state index contributed by atoms with van der Waals surface area (Å²) in [6.07, 6.45) is 2.26. The Morgan fingerprint density at radius 1 is 1.14 bits per heavy atom. The van der Waals surface area contributed by atoms with Gasteiger partial charge in [-0.15, -0.1) is 0 Å². The quantitative estimate of drug-likeness (QED) is 0.644. The van der Waals surface area contributed by atoms with Crippen molar-refractivity contribution in [2.45, 2.75) is 25.2 Å². The Kier molecular flexibility index (Phi) is 6.33. The van der Waals surface area contributed by atoms with Gasteiger partial charge in [0.2, 0.25) is 10.0 Å². The van der Waals surface area contributed by atoms with Gasteiger partial charge in [-0.05, 0) is 42.5 Å². The monoisotopic (exact) mass is 421 g/mol. The SMILES string of the molecule is CC1CC(C)CN(S(=O)(=O)c2ccc(NNC(=O)Nc3ccccc3F)nc2)C1. The summed E-state index contributed by atoms with van der Waals surface area (Å²) in [6.45, 7) is 5.07. The summed E-state index contributed by atoms with van der Waals surface area (Å²) < 4.78 is 40.7. The standard InChI is InChI=1S/C19H24FN5O3S/c1-13-9-14(2)12-25(11-13)29(27,28)15-7-8-18(21-10-15)23-24-19(26)22-17-6-4-3-5-16(17)20/h3-8,10,13-14H,9,11-12H2,1-2H3,(H,21,23)(H2,22,24,26). The molecular weight excluding hydrogens is 397 g/mol. The van der Waals surface area contributed by atoms with Crippen LogP contribution < -0.4 is 16.2 Å². The van der Waals surface area contributed by atoms with Crippen molar-refractivity contribution >= 4 is 27.6 Å². The number of para-hydroxylation sites is 1. The molecule has 0 aliphatic carbocycles. The number of hydrogen-bond donors (Lipinski definition) is 3. The zero-order valence-electron chi connectivity index (χ0n) is 16.2. The highest BCUT2D eigenvalue weighted by Gasteiger charge is 2.31. The van der Waals surface area contributed by atoms with Crippen LogP contribution in [0.5, 0.6) is 0 Å². The van der Waals surface area contributed by atoms with Gasteiger partial charge in [0.25, 0.3) is 0 Å². The van der Waals surface area contributed by atoms with E-state index in [-0.39, 0.29) is 16.4 Å². The van der Waals surface area contributed by atoms with Crippen LogP contribution in [0.3, 0.4) is 0 Å². The number of urea groups is 1. The molecule has 1 aliphatic heterocycles. The van der Waals surface area contributed by atoms with Crippen molar-refractivity contribution in [1.82, 2.24) is 14.7 Å². The molecule has 0 saturated carbocycles. The number of pyridine rings is 1. The minimum absolute atomic E-state index is 0.0335. The van der Waals surface area contributed by atoms with E-state index in [4.69, 9.17) is 0 Å². The number of nitrogens with one attached hydrogen (secondary N) is 3. The number of carbonyl (C=O) groups excluding carboxylic acids is 1. The molecule has 0 bridgehead atoms. The highest BCUT2D eigenvalue weighted by molar-refractivity contribution is 7.89. The molecule has 10 heteroatoms. The molecule has 1 aromatic carbocycles. The number of nitrogens with zero attached hydrogens (tertiary/aromatic N) is 2. The van der Waals surface area contributed by atoms with Crippen LogP contribution in [0.15, 0.2) is 47.5 Å². The molecule has 2 atom stereocenters. The summed E-state index contributed by atoms with van der Waals surface area (Å²) in [5.74, 6) is 0.295. The number of carbonyl (C=O) groups is 1. The fraction of sp³-hybridized carbons (Fsp3) is 0.368. The van der Waals surface area contributed by atoms with Gasteiger partial charge in [0.15, 0.2) is 0 Å². The van der Waals surface area contributed by atoms with Gasteiger partial charge in [-0.25, -0.2) is 22.6 Å². The maximum absolute atomic E-state index is 13.5. The lowest BCUT2D eigenvalue weighted by molar-refractivity contribution is 0.222. The maximum Gasteiger partial charge on any atom is 0.337 e. The number of hydrogen-bond acceptors (Lipinski definition) is 5. The molecule has 8 nitrogen and oxygen atoms in total. The van der Waals surface area contributed by atoms with Crippen molar-refractivity contribution in [3.63, 3.8) is 0 Å². The van der Waals surface area contributed by atoms with Crippen molar-refractivity contribution in [1.29, 1.82) is 0 Å². The Hall–Kier alpha value is -2.72. The van der Waals surface area contributed by atoms with Gasteiger partial charge in [0.05, 0.1) is 5.69 Å². The van der Waals surface area contributed by atoms with E-state index in [0.717, 1.165) is 6.42 Å². The zero-order valence-corrected chi connectivity index (χ0v) is 17.0. The normalized spacial score (nSPS) is 20.1. The first-order valence-corrected chi connectivity index (χ1v) is 10.7. The Labute approximate surface area is 169 Å². The van der Waals surface area contributed by atoms with Gasteiger partial charge in [0, 0.05) is 19.3 Å². The van der Waals surface area contributed by atoms with E-state index in [2.05, 4.69) is 21.2 Å². The van der Waals surface area contributed by atoms with Crippen LogP contribution in [0.1, 0.15) is 20.3 Å². The van der Waals surface area contributed by atoms with Crippen LogP contribution >= 0.6 is 0 Å². The highest BCUT2D eigenvalue weighted by Crippen LogP contribution is 2.26. The van der Waals surface area contributed by atoms with E-state index < -0.39 is 21.9 Å². The van der Waals surface area contributed by atoms with E-state index in [9.17, 15) is 17.6 Å². The zero-order chi connectivity index (χ0) is 21.0. The van der Waals surface area contributed by atoms with Gasteiger partial charge in [0.1, 0.15) is 16.5 Å². The first-order chi connectivity index (χ1) is 13.8. The Morgan fingerprint density at radius 3 is 2.45 bits per heavy atom. The summed E-state index contributed by atoms with van der Waals surface area (Å²) in [4.78, 5) is 16.0. The van der Waals surface area contributed by atoms with Gasteiger partial charge < -0.3 is 5.32 Å². The minimum atomic E-state index is -3.62. The molecule has 2 unspecified atom stereocenters. The Balaban J connectivity index is 1.60. The fourth-order valence-electron chi connectivity index (χ4n) is 3.39. The average Bonchev–Trinajstić information content (AvgIpc) is 2.68. The van der Waals surface area contributed by atoms with E-state index in [0.29, 0.717) is 24.9 Å². The van der Waals surface area contributed by atoms with Crippen LogP contribution in [-0.2, 0) is 10.0 Å². The predicted molar refractivity (Wildman–Crippen MR) is 108 cm³/mol. The molecule has 2 aromatic rings. The third-order valence-electron chi connectivity index (χ3n) is 4.64. The number of hydrazine groups is 1. The molecule has 0 radical (unpaired) electrons. The molecule has 2 amide bonds. The molecule has 1 fully saturated rings. The number of anilines is 2. The molecule has 2 heterocycles. The lowest BCUT2D eigenvalue weighted by atomic mass is 9.94. The molecule has 1 saturated heterocycles. The molecule has 1 aromatic heterocycles. The smallest absolute Gasteiger partial charge is 0.304 e. The molecule has 29 heavy (non-hydrogen) atoms. The summed E-state index contributed by atoms with van der Waals surface area (Å²) in [7, 11) is -3.62. The van der Waals surface area contributed by atoms with Gasteiger partial charge >= 0.3 is 6.03 Å². The third-order valence-corrected chi connectivity index (χ3v) is 6.45. The maximum atomic E-state index is 13.5. The summed E-state index contributed by atoms with van der Waals surface area (Å²) >= 11 is 0. The van der Waals surface area contributed by atoms with Gasteiger partial charge in [-0.2, -0.15) is 4.31 Å². The molecule has 1 aliphatic rings. The first kappa shape index (κ1) is 21.0. The van der Waals surface area contributed by atoms with E-state index in [1.807, 2.05) is 13.8 Å². The first-order valence-electron chi connectivity index (χ1n) is 9.29. The largest absolute Gasteiger partial charge is 0.337 e. The van der Waals surface area contributed by atoms with Crippen LogP contribution in [0.2, 0.25) is 0 Å². The molecule has 3 N–H and O–H groups in total. The number of amides is 2. The third kappa shape index (κ3) is 5.21. The van der Waals surface area contributed by atoms with Crippen LogP contribution in [-0.4, -0.2) is 36.8 Å². The Bertz CT molecular complexity index is 958. The van der Waals surface area contributed by atoms with Crippen LogP contribution in [0.25, 0.3) is 0 Å². The number of halogens is 1. The number of benzene rings is 1. The molecule has 156 valence electrons. The van der Waals surface area contributed by atoms with E-state index >= 15 is 0 Å². The minimum Gasteiger partial charge on any atom is -0.304 e. The highest BCUT2D eigenvalue weighted by atomic mass is 32.2. The van der Waals surface area contributed by atoms with Crippen molar-refractivity contribution in [3.05, 3.63) is 48.4 Å². The summed E-state index contributed by atoms with van der Waals surface area (Å²) in [6, 6.07) is 7.96. The second-order valence-corrected chi connectivity index (χ2v) is 9.27. The predicted octanol–water partition coefficient (Wildman–Crippen LogP) is 3.04. The van der Waals surface area contributed by atoms with E-state index in [1.165, 1.54) is 40.8 Å². The topological polar surface area (TPSA) is 103 Å². The van der Waals surface area contributed by atoms with Gasteiger partial charge in [-0.3, -0.25) is 10.9 Å². The lowest BCUT2D eigenvalue weighted by Crippen LogP contribution is -2.42. The van der Waals surface area contributed by atoms with Crippen molar-refractivity contribution < 1.29 is 17.6 Å². The summed E-state index contributed by atoms with van der Waals surface area (Å²) in [5, 5.41) is 2.35. The second-order valence-electron chi connectivity index (χ2n) is 7.33. The van der Waals surface area contributed by atoms with Gasteiger partial charge in [-0.1, -0.05) is 26.0 Å². The number of piperidine rings is 1. The lowest BCUT2D eigenvalue weighted by Gasteiger charge is -2.33. The number of rotatable bonds is 5. The Morgan fingerprint density at radius 2 is 1.83 bits per heavy atom. The molecule has 3 rings (SSSR count). The van der Waals surface area contributed by atoms with Crippen LogP contribution in [0, 0.1) is 17.7 Å². The van der Waals surface area contributed by atoms with Crippen LogP contribution in [0.4, 0.5) is 20.7 Å². The summed E-state index contributed by atoms with van der Waals surface area (Å²) in [5.41, 5.74) is 4.90. The van der Waals surface area contributed by atoms with Crippen molar-refractivity contribution in [2.24, 2.45) is 11.8 Å². The van der Waals surface area contributed by atoms with Crippen molar-refractivity contribution in [2.75, 3.05) is 23.8 Å². The fourth-order valence-corrected chi connectivity index (χ4v) is 5.02.